The Hall–Kier alpha value is -0.700. The Labute approximate surface area is 218 Å². The van der Waals surface area contributed by atoms with E-state index >= 15 is 0 Å². The van der Waals surface area contributed by atoms with Gasteiger partial charge in [0.05, 0.1) is 18.0 Å². The van der Waals surface area contributed by atoms with Crippen LogP contribution in [0, 0.1) is 46.3 Å². The van der Waals surface area contributed by atoms with E-state index in [4.69, 9.17) is 14.0 Å². The number of ether oxygens (including phenoxy) is 2. The van der Waals surface area contributed by atoms with Gasteiger partial charge >= 0.3 is 0 Å². The largest absolute Gasteiger partial charge is 0.381 e. The SMILES string of the molecule is COC1CCC2(C)C(C1)CC(OC)C1C2CCC2(C)C(C(C)CCC(=O)NCCS(=O)(=O)O)CCC12. The van der Waals surface area contributed by atoms with E-state index in [1.807, 2.05) is 14.2 Å². The van der Waals surface area contributed by atoms with Gasteiger partial charge in [-0.25, -0.2) is 0 Å². The molecule has 0 saturated heterocycles. The summed E-state index contributed by atoms with van der Waals surface area (Å²) in [6.07, 6.45) is 11.7. The molecular formula is C28H49NO6S. The molecule has 10 unspecified atom stereocenters. The predicted molar refractivity (Wildman–Crippen MR) is 140 cm³/mol. The Morgan fingerprint density at radius 3 is 2.39 bits per heavy atom. The average molecular weight is 528 g/mol. The van der Waals surface area contributed by atoms with Crippen molar-refractivity contribution in [3.05, 3.63) is 0 Å². The first-order valence-corrected chi connectivity index (χ1v) is 15.8. The van der Waals surface area contributed by atoms with Gasteiger partial charge in [0.1, 0.15) is 0 Å². The summed E-state index contributed by atoms with van der Waals surface area (Å²) in [5, 5.41) is 2.64. The van der Waals surface area contributed by atoms with Gasteiger partial charge in [-0.05, 0) is 104 Å². The molecule has 1 amide bonds. The third-order valence-corrected chi connectivity index (χ3v) is 12.2. The van der Waals surface area contributed by atoms with Gasteiger partial charge in [-0.3, -0.25) is 9.35 Å². The first-order valence-electron chi connectivity index (χ1n) is 14.2. The minimum atomic E-state index is -4.05. The van der Waals surface area contributed by atoms with Gasteiger partial charge < -0.3 is 14.8 Å². The van der Waals surface area contributed by atoms with E-state index in [9.17, 15) is 13.2 Å². The lowest BCUT2D eigenvalue weighted by molar-refractivity contribution is -0.183. The van der Waals surface area contributed by atoms with Crippen LogP contribution in [0.15, 0.2) is 0 Å². The van der Waals surface area contributed by atoms with Crippen LogP contribution in [0.2, 0.25) is 0 Å². The molecule has 0 radical (unpaired) electrons. The van der Waals surface area contributed by atoms with Gasteiger partial charge in [0.2, 0.25) is 5.91 Å². The summed E-state index contributed by atoms with van der Waals surface area (Å²) >= 11 is 0. The van der Waals surface area contributed by atoms with E-state index in [2.05, 4.69) is 26.1 Å². The van der Waals surface area contributed by atoms with E-state index in [1.54, 1.807) is 0 Å². The highest BCUT2D eigenvalue weighted by Crippen LogP contribution is 2.68. The summed E-state index contributed by atoms with van der Waals surface area (Å²) in [7, 11) is -0.267. The molecule has 4 aliphatic rings. The third kappa shape index (κ3) is 5.39. The maximum atomic E-state index is 12.3. The van der Waals surface area contributed by atoms with Crippen molar-refractivity contribution in [1.29, 1.82) is 0 Å². The second-order valence-electron chi connectivity index (χ2n) is 13.0. The zero-order valence-corrected chi connectivity index (χ0v) is 23.8. The van der Waals surface area contributed by atoms with Crippen molar-refractivity contribution in [1.82, 2.24) is 5.32 Å². The third-order valence-electron chi connectivity index (χ3n) is 11.5. The Morgan fingerprint density at radius 2 is 1.72 bits per heavy atom. The molecule has 0 bridgehead atoms. The van der Waals surface area contributed by atoms with Crippen molar-refractivity contribution in [2.45, 2.75) is 97.2 Å². The molecule has 36 heavy (non-hydrogen) atoms. The normalized spacial score (nSPS) is 43.2. The monoisotopic (exact) mass is 527 g/mol. The highest BCUT2D eigenvalue weighted by Gasteiger charge is 2.63. The fourth-order valence-corrected chi connectivity index (χ4v) is 9.92. The lowest BCUT2D eigenvalue weighted by Gasteiger charge is -2.63. The van der Waals surface area contributed by atoms with Crippen molar-refractivity contribution < 1.29 is 27.2 Å². The molecule has 208 valence electrons. The smallest absolute Gasteiger partial charge is 0.266 e. The van der Waals surface area contributed by atoms with Crippen LogP contribution in [0.1, 0.15) is 85.0 Å². The Bertz CT molecular complexity index is 894. The van der Waals surface area contributed by atoms with Gasteiger partial charge in [0.15, 0.2) is 0 Å². The van der Waals surface area contributed by atoms with Crippen LogP contribution in [-0.2, 0) is 24.4 Å². The van der Waals surface area contributed by atoms with Crippen molar-refractivity contribution in [3.8, 4) is 0 Å². The van der Waals surface area contributed by atoms with Gasteiger partial charge in [0, 0.05) is 27.2 Å². The molecule has 0 spiro atoms. The second kappa shape index (κ2) is 10.8. The molecule has 10 atom stereocenters. The first kappa shape index (κ1) is 28.3. The Morgan fingerprint density at radius 1 is 1.03 bits per heavy atom. The number of amides is 1. The van der Waals surface area contributed by atoms with Crippen LogP contribution in [0.3, 0.4) is 0 Å². The molecule has 0 aliphatic heterocycles. The number of carbonyl (C=O) groups is 1. The zero-order valence-electron chi connectivity index (χ0n) is 23.0. The van der Waals surface area contributed by atoms with E-state index in [1.165, 1.54) is 44.9 Å². The van der Waals surface area contributed by atoms with Crippen LogP contribution in [0.25, 0.3) is 0 Å². The summed E-state index contributed by atoms with van der Waals surface area (Å²) in [6.45, 7) is 7.36. The number of methoxy groups -OCH3 is 2. The summed E-state index contributed by atoms with van der Waals surface area (Å²) in [4.78, 5) is 12.3. The number of nitrogens with one attached hydrogen (secondary N) is 1. The van der Waals surface area contributed by atoms with E-state index < -0.39 is 15.9 Å². The number of hydrogen-bond donors (Lipinski definition) is 2. The molecule has 0 aromatic heterocycles. The minimum Gasteiger partial charge on any atom is -0.381 e. The van der Waals surface area contributed by atoms with Crippen LogP contribution >= 0.6 is 0 Å². The van der Waals surface area contributed by atoms with E-state index in [0.29, 0.717) is 53.6 Å². The molecule has 8 heteroatoms. The molecular weight excluding hydrogens is 478 g/mol. The molecule has 4 aliphatic carbocycles. The number of rotatable bonds is 9. The van der Waals surface area contributed by atoms with E-state index in [0.717, 1.165) is 18.8 Å². The van der Waals surface area contributed by atoms with Gasteiger partial charge in [0.25, 0.3) is 10.1 Å². The fourth-order valence-electron chi connectivity index (χ4n) is 9.56. The molecule has 7 nitrogen and oxygen atoms in total. The molecule has 4 rings (SSSR count). The van der Waals surface area contributed by atoms with Crippen LogP contribution in [0.4, 0.5) is 0 Å². The molecule has 2 N–H and O–H groups in total. The topological polar surface area (TPSA) is 102 Å². The molecule has 0 aromatic rings. The second-order valence-corrected chi connectivity index (χ2v) is 14.6. The molecule has 4 fully saturated rings. The standard InChI is InChI=1S/C28H49NO6S/c1-18(6-9-25(30)29-14-15-36(31,32)33)21-7-8-22-26-23(11-13-28(21,22)3)27(2)12-10-20(34-4)16-19(27)17-24(26)35-5/h18-24,26H,6-17H2,1-5H3,(H,29,30)(H,31,32,33). The summed E-state index contributed by atoms with van der Waals surface area (Å²) in [6, 6.07) is 0. The summed E-state index contributed by atoms with van der Waals surface area (Å²) in [5.74, 6) is 3.17. The minimum absolute atomic E-state index is 0.0400. The number of carbonyl (C=O) groups excluding carboxylic acids is 1. The van der Waals surface area contributed by atoms with Gasteiger partial charge in [-0.15, -0.1) is 0 Å². The first-order chi connectivity index (χ1) is 16.9. The molecule has 4 saturated carbocycles. The van der Waals surface area contributed by atoms with Gasteiger partial charge in [-0.1, -0.05) is 20.8 Å². The quantitative estimate of drug-likeness (QED) is 0.421. The maximum absolute atomic E-state index is 12.3. The Kier molecular flexibility index (Phi) is 8.51. The van der Waals surface area contributed by atoms with Crippen LogP contribution in [0.5, 0.6) is 0 Å². The maximum Gasteiger partial charge on any atom is 0.266 e. The van der Waals surface area contributed by atoms with Gasteiger partial charge in [-0.2, -0.15) is 8.42 Å². The highest BCUT2D eigenvalue weighted by molar-refractivity contribution is 7.85. The van der Waals surface area contributed by atoms with Crippen LogP contribution in [-0.4, -0.2) is 57.6 Å². The lowest BCUT2D eigenvalue weighted by atomic mass is 9.43. The summed E-state index contributed by atoms with van der Waals surface area (Å²) < 4.78 is 42.7. The number of hydrogen-bond acceptors (Lipinski definition) is 5. The highest BCUT2D eigenvalue weighted by atomic mass is 32.2. The predicted octanol–water partition coefficient (Wildman–Crippen LogP) is 4.71. The van der Waals surface area contributed by atoms with Crippen molar-refractivity contribution >= 4 is 16.0 Å². The number of fused-ring (bicyclic) bond motifs is 5. The van der Waals surface area contributed by atoms with Crippen molar-refractivity contribution in [3.63, 3.8) is 0 Å². The fraction of sp³-hybridized carbons (Fsp3) is 0.964. The average Bonchev–Trinajstić information content (AvgIpc) is 3.18. The lowest BCUT2D eigenvalue weighted by Crippen LogP contribution is -2.59. The molecule has 0 heterocycles. The zero-order chi connectivity index (χ0) is 26.3. The Balaban J connectivity index is 1.41. The van der Waals surface area contributed by atoms with Crippen molar-refractivity contribution in [2.75, 3.05) is 26.5 Å². The van der Waals surface area contributed by atoms with Crippen molar-refractivity contribution in [2.24, 2.45) is 46.3 Å². The van der Waals surface area contributed by atoms with E-state index in [-0.39, 0.29) is 17.9 Å². The van der Waals surface area contributed by atoms with Crippen LogP contribution < -0.4 is 5.32 Å². The summed E-state index contributed by atoms with van der Waals surface area (Å²) in [5.41, 5.74) is 0.672. The molecule has 0 aromatic carbocycles.